The van der Waals surface area contributed by atoms with Gasteiger partial charge in [-0.1, -0.05) is 0 Å². The van der Waals surface area contributed by atoms with E-state index in [9.17, 15) is 4.79 Å². The summed E-state index contributed by atoms with van der Waals surface area (Å²) in [6.07, 6.45) is 2.21. The van der Waals surface area contributed by atoms with Gasteiger partial charge in [0.05, 0.1) is 12.7 Å². The molecule has 0 saturated heterocycles. The van der Waals surface area contributed by atoms with Gasteiger partial charge in [0.1, 0.15) is 6.42 Å². The molecular weight excluding hydrogens is 250 g/mol. The molecule has 0 heterocycles. The molecule has 0 aromatic heterocycles. The number of hydrogen-bond donors (Lipinski definition) is 0. The number of nitriles is 1. The van der Waals surface area contributed by atoms with Gasteiger partial charge in [-0.05, 0) is 12.8 Å². The van der Waals surface area contributed by atoms with Crippen LogP contribution in [0.4, 0.5) is 0 Å². The van der Waals surface area contributed by atoms with Crippen molar-refractivity contribution >= 4 is 5.97 Å². The lowest BCUT2D eigenvalue weighted by molar-refractivity contribution is -0.142. The normalized spacial score (nSPS) is 10.1. The molecule has 0 aromatic rings. The Bertz CT molecular complexity index is 252. The van der Waals surface area contributed by atoms with Crippen LogP contribution in [0.3, 0.4) is 0 Å². The van der Waals surface area contributed by atoms with Crippen LogP contribution in [0, 0.1) is 11.3 Å². The molecule has 110 valence electrons. The molecule has 0 aliphatic carbocycles. The molecule has 0 spiro atoms. The summed E-state index contributed by atoms with van der Waals surface area (Å²) in [6.45, 7) is 3.60. The summed E-state index contributed by atoms with van der Waals surface area (Å²) >= 11 is 0. The van der Waals surface area contributed by atoms with E-state index in [-0.39, 0.29) is 6.42 Å². The fraction of sp³-hybridized carbons (Fsp3) is 0.846. The quantitative estimate of drug-likeness (QED) is 0.372. The van der Waals surface area contributed by atoms with Crippen LogP contribution in [0.2, 0.25) is 0 Å². The minimum Gasteiger partial charge on any atom is -0.465 e. The maximum atomic E-state index is 10.8. The van der Waals surface area contributed by atoms with Gasteiger partial charge in [0.2, 0.25) is 0 Å². The maximum Gasteiger partial charge on any atom is 0.320 e. The Morgan fingerprint density at radius 1 is 0.947 bits per heavy atom. The maximum absolute atomic E-state index is 10.8. The van der Waals surface area contributed by atoms with Gasteiger partial charge in [0, 0.05) is 46.6 Å². The highest BCUT2D eigenvalue weighted by Crippen LogP contribution is 1.92. The lowest BCUT2D eigenvalue weighted by Crippen LogP contribution is -2.08. The molecule has 0 aliphatic heterocycles. The minimum absolute atomic E-state index is 0.193. The summed E-state index contributed by atoms with van der Waals surface area (Å²) in [7, 11) is 1.67. The van der Waals surface area contributed by atoms with Gasteiger partial charge in [-0.3, -0.25) is 4.79 Å². The molecule has 0 amide bonds. The Hall–Kier alpha value is -1.16. The third-order valence-electron chi connectivity index (χ3n) is 2.13. The molecule has 0 fully saturated rings. The first-order valence-electron chi connectivity index (χ1n) is 6.48. The number of ether oxygens (including phenoxy) is 4. The largest absolute Gasteiger partial charge is 0.465 e. The Morgan fingerprint density at radius 3 is 2.00 bits per heavy atom. The van der Waals surface area contributed by atoms with Crippen molar-refractivity contribution in [2.45, 2.75) is 25.7 Å². The number of rotatable bonds is 13. The van der Waals surface area contributed by atoms with Crippen molar-refractivity contribution in [1.29, 1.82) is 5.26 Å². The predicted molar refractivity (Wildman–Crippen MR) is 68.6 cm³/mol. The summed E-state index contributed by atoms with van der Waals surface area (Å²) in [5.41, 5.74) is 0. The molecule has 0 radical (unpaired) electrons. The van der Waals surface area contributed by atoms with E-state index in [2.05, 4.69) is 0 Å². The lowest BCUT2D eigenvalue weighted by Gasteiger charge is -2.06. The second-order valence-electron chi connectivity index (χ2n) is 3.83. The smallest absolute Gasteiger partial charge is 0.320 e. The van der Waals surface area contributed by atoms with Crippen LogP contribution in [0.5, 0.6) is 0 Å². The highest BCUT2D eigenvalue weighted by atomic mass is 16.5. The first-order chi connectivity index (χ1) is 9.31. The van der Waals surface area contributed by atoms with Crippen molar-refractivity contribution in [3.63, 3.8) is 0 Å². The third-order valence-corrected chi connectivity index (χ3v) is 2.13. The number of methoxy groups -OCH3 is 1. The molecule has 0 aliphatic rings. The van der Waals surface area contributed by atoms with Crippen molar-refractivity contribution in [2.24, 2.45) is 0 Å². The van der Waals surface area contributed by atoms with E-state index in [1.54, 1.807) is 13.2 Å². The molecule has 0 N–H and O–H groups in total. The fourth-order valence-corrected chi connectivity index (χ4v) is 1.24. The number of esters is 1. The van der Waals surface area contributed by atoms with Crippen LogP contribution in [0.15, 0.2) is 0 Å². The van der Waals surface area contributed by atoms with Gasteiger partial charge in [-0.15, -0.1) is 0 Å². The van der Waals surface area contributed by atoms with Gasteiger partial charge in [-0.2, -0.15) is 5.26 Å². The zero-order valence-electron chi connectivity index (χ0n) is 11.6. The average Bonchev–Trinajstić information content (AvgIpc) is 2.40. The average molecular weight is 273 g/mol. The second kappa shape index (κ2) is 14.9. The first kappa shape index (κ1) is 17.8. The summed E-state index contributed by atoms with van der Waals surface area (Å²) in [5, 5.41) is 8.23. The van der Waals surface area contributed by atoms with E-state index in [0.29, 0.717) is 39.5 Å². The highest BCUT2D eigenvalue weighted by molar-refractivity contribution is 5.71. The molecule has 0 unspecified atom stereocenters. The van der Waals surface area contributed by atoms with Gasteiger partial charge in [-0.25, -0.2) is 0 Å². The van der Waals surface area contributed by atoms with Crippen LogP contribution in [-0.2, 0) is 23.7 Å². The van der Waals surface area contributed by atoms with Crippen LogP contribution >= 0.6 is 0 Å². The lowest BCUT2D eigenvalue weighted by atomic mass is 10.4. The van der Waals surface area contributed by atoms with E-state index < -0.39 is 5.97 Å². The van der Waals surface area contributed by atoms with Crippen molar-refractivity contribution < 1.29 is 23.7 Å². The van der Waals surface area contributed by atoms with Crippen molar-refractivity contribution in [2.75, 3.05) is 46.8 Å². The highest BCUT2D eigenvalue weighted by Gasteiger charge is 2.00. The molecule has 0 bridgehead atoms. The molecule has 6 heteroatoms. The van der Waals surface area contributed by atoms with E-state index >= 15 is 0 Å². The Morgan fingerprint density at radius 2 is 1.47 bits per heavy atom. The Labute approximate surface area is 114 Å². The summed E-state index contributed by atoms with van der Waals surface area (Å²) in [5.74, 6) is -0.480. The zero-order valence-corrected chi connectivity index (χ0v) is 11.6. The van der Waals surface area contributed by atoms with Crippen LogP contribution < -0.4 is 0 Å². The molecule has 0 rings (SSSR count). The minimum atomic E-state index is -0.480. The van der Waals surface area contributed by atoms with Crippen LogP contribution in [-0.4, -0.2) is 52.7 Å². The predicted octanol–water partition coefficient (Wildman–Crippen LogP) is 1.29. The Kier molecular flexibility index (Phi) is 14.0. The van der Waals surface area contributed by atoms with E-state index in [1.165, 1.54) is 0 Å². The molecule has 0 saturated carbocycles. The summed E-state index contributed by atoms with van der Waals surface area (Å²) in [4.78, 5) is 10.8. The van der Waals surface area contributed by atoms with Gasteiger partial charge in [0.25, 0.3) is 0 Å². The standard InChI is InChI=1S/C13H23NO5/c1-16-7-2-8-17-9-3-10-18-11-4-12-19-13(15)5-6-14/h2-5,7-12H2,1H3. The monoisotopic (exact) mass is 273 g/mol. The number of hydrogen-bond acceptors (Lipinski definition) is 6. The van der Waals surface area contributed by atoms with Crippen LogP contribution in [0.25, 0.3) is 0 Å². The number of carbonyl (C=O) groups is 1. The molecule has 0 aromatic carbocycles. The topological polar surface area (TPSA) is 77.8 Å². The van der Waals surface area contributed by atoms with Gasteiger partial charge < -0.3 is 18.9 Å². The van der Waals surface area contributed by atoms with Gasteiger partial charge in [0.15, 0.2) is 0 Å². The molecular formula is C13H23NO5. The third kappa shape index (κ3) is 14.8. The van der Waals surface area contributed by atoms with Crippen molar-refractivity contribution in [3.8, 4) is 6.07 Å². The summed E-state index contributed by atoms with van der Waals surface area (Å²) < 4.78 is 20.4. The zero-order chi connectivity index (χ0) is 14.2. The van der Waals surface area contributed by atoms with Gasteiger partial charge >= 0.3 is 5.97 Å². The SMILES string of the molecule is COCCCOCCCOCCCOC(=O)CC#N. The Balaban J connectivity index is 3.03. The number of nitrogens with zero attached hydrogens (tertiary/aromatic N) is 1. The molecule has 0 atom stereocenters. The summed E-state index contributed by atoms with van der Waals surface area (Å²) in [6, 6.07) is 1.73. The van der Waals surface area contributed by atoms with Crippen LogP contribution in [0.1, 0.15) is 25.7 Å². The van der Waals surface area contributed by atoms with Crippen molar-refractivity contribution in [3.05, 3.63) is 0 Å². The molecule has 6 nitrogen and oxygen atoms in total. The fourth-order valence-electron chi connectivity index (χ4n) is 1.24. The second-order valence-corrected chi connectivity index (χ2v) is 3.83. The van der Waals surface area contributed by atoms with E-state index in [1.807, 2.05) is 0 Å². The van der Waals surface area contributed by atoms with Crippen molar-refractivity contribution in [1.82, 2.24) is 0 Å². The molecule has 19 heavy (non-hydrogen) atoms. The first-order valence-corrected chi connectivity index (χ1v) is 6.48. The number of carbonyl (C=O) groups excluding carboxylic acids is 1. The van der Waals surface area contributed by atoms with E-state index in [4.69, 9.17) is 24.2 Å². The van der Waals surface area contributed by atoms with E-state index in [0.717, 1.165) is 19.4 Å².